The fourth-order valence-electron chi connectivity index (χ4n) is 0. The minimum absolute atomic E-state index is 0.991. The third-order valence-electron chi connectivity index (χ3n) is 0.0873. The van der Waals surface area contributed by atoms with E-state index in [1.54, 1.807) is 0 Å². The Hall–Kier alpha value is -0.0417. The molecule has 4 heteroatoms. The van der Waals surface area contributed by atoms with Gasteiger partial charge in [0.05, 0.1) is 0 Å². The minimum atomic E-state index is -0.991. The zero-order valence-electron chi connectivity index (χ0n) is 2.26. The molecule has 1 amide bonds. The standard InChI is InChI=1S/CH2NO2.Mo/c2-1(3)4;/h2H,(H,3,4);/q-1;+1. The van der Waals surface area contributed by atoms with E-state index in [2.05, 4.69) is 0 Å². The van der Waals surface area contributed by atoms with Crippen LogP contribution in [0.15, 0.2) is 0 Å². The number of nitrogens with one attached hydrogen (secondary N) is 1. The van der Waals surface area contributed by atoms with E-state index in [9.17, 15) is 4.79 Å². The molecule has 0 atom stereocenters. The molecule has 0 saturated heterocycles. The van der Waals surface area contributed by atoms with Crippen LogP contribution >= 0.6 is 0 Å². The fourth-order valence-corrected chi connectivity index (χ4v) is 0. The van der Waals surface area contributed by atoms with Gasteiger partial charge in [-0.15, -0.1) is 0 Å². The van der Waals surface area contributed by atoms with Gasteiger partial charge in [-0.25, -0.2) is 0 Å². The Labute approximate surface area is 40.6 Å². The monoisotopic (exact) mass is 158 g/mol. The number of carboxylic acid groups (broad SMARTS) is 1. The van der Waals surface area contributed by atoms with Gasteiger partial charge in [0.25, 0.3) is 0 Å². The summed E-state index contributed by atoms with van der Waals surface area (Å²) in [4.78, 5) is 9.26. The molecule has 0 unspecified atom stereocenters. The van der Waals surface area contributed by atoms with E-state index < -0.39 is 6.09 Å². The Morgan fingerprint density at radius 1 is 2.00 bits per heavy atom. The summed E-state index contributed by atoms with van der Waals surface area (Å²) >= 11 is 1.29. The summed E-state index contributed by atoms with van der Waals surface area (Å²) in [5.74, 6) is 0. The summed E-state index contributed by atoms with van der Waals surface area (Å²) < 4.78 is 1.95. The van der Waals surface area contributed by atoms with Crippen LogP contribution in [0.1, 0.15) is 0 Å². The van der Waals surface area contributed by atoms with Gasteiger partial charge in [0.1, 0.15) is 0 Å². The Morgan fingerprint density at radius 3 is 2.20 bits per heavy atom. The number of hydrogen-bond donors (Lipinski definition) is 2. The SMILES string of the molecule is O=C(O)[NH][Mo]. The molecular weight excluding hydrogens is 154 g/mol. The molecule has 5 heavy (non-hydrogen) atoms. The van der Waals surface area contributed by atoms with E-state index in [0.717, 1.165) is 0 Å². The Morgan fingerprint density at radius 2 is 2.20 bits per heavy atom. The van der Waals surface area contributed by atoms with Crippen molar-refractivity contribution >= 4 is 6.09 Å². The first kappa shape index (κ1) is 4.96. The molecule has 0 aliphatic carbocycles. The second-order valence-electron chi connectivity index (χ2n) is 0.407. The van der Waals surface area contributed by atoms with Crippen molar-refractivity contribution in [3.8, 4) is 0 Å². The van der Waals surface area contributed by atoms with Crippen LogP contribution in [0.5, 0.6) is 0 Å². The van der Waals surface area contributed by atoms with Crippen LogP contribution in [-0.2, 0) is 20.1 Å². The molecule has 0 aromatic carbocycles. The van der Waals surface area contributed by atoms with E-state index >= 15 is 0 Å². The van der Waals surface area contributed by atoms with Gasteiger partial charge in [0, 0.05) is 0 Å². The van der Waals surface area contributed by atoms with Crippen molar-refractivity contribution in [2.75, 3.05) is 0 Å². The predicted molar refractivity (Wildman–Crippen MR) is 11.2 cm³/mol. The van der Waals surface area contributed by atoms with Gasteiger partial charge < -0.3 is 0 Å². The van der Waals surface area contributed by atoms with Crippen molar-refractivity contribution in [3.63, 3.8) is 0 Å². The third kappa shape index (κ3) is 3.96. The van der Waals surface area contributed by atoms with Gasteiger partial charge in [-0.05, 0) is 0 Å². The van der Waals surface area contributed by atoms with E-state index in [0.29, 0.717) is 0 Å². The van der Waals surface area contributed by atoms with Crippen LogP contribution in [0.2, 0.25) is 0 Å². The van der Waals surface area contributed by atoms with Gasteiger partial charge in [-0.3, -0.25) is 0 Å². The van der Waals surface area contributed by atoms with E-state index in [4.69, 9.17) is 5.11 Å². The molecule has 0 aliphatic heterocycles. The van der Waals surface area contributed by atoms with Crippen LogP contribution in [0.4, 0.5) is 4.79 Å². The predicted octanol–water partition coefficient (Wildman–Crippen LogP) is -0.284. The Balaban J connectivity index is 2.85. The van der Waals surface area contributed by atoms with Gasteiger partial charge >= 0.3 is 39.9 Å². The quantitative estimate of drug-likeness (QED) is 0.473. The van der Waals surface area contributed by atoms with Crippen molar-refractivity contribution in [2.24, 2.45) is 0 Å². The van der Waals surface area contributed by atoms with E-state index in [1.165, 1.54) is 20.1 Å². The van der Waals surface area contributed by atoms with E-state index in [1.807, 2.05) is 3.88 Å². The summed E-state index contributed by atoms with van der Waals surface area (Å²) in [6.45, 7) is 0. The molecule has 0 spiro atoms. The van der Waals surface area contributed by atoms with Crippen LogP contribution in [0.3, 0.4) is 0 Å². The average molecular weight is 156 g/mol. The maximum absolute atomic E-state index is 9.26. The van der Waals surface area contributed by atoms with Gasteiger partial charge in [0.2, 0.25) is 0 Å². The first-order valence-electron chi connectivity index (χ1n) is 0.882. The van der Waals surface area contributed by atoms with Crippen molar-refractivity contribution in [2.45, 2.75) is 0 Å². The molecule has 3 nitrogen and oxygen atoms in total. The fraction of sp³-hybridized carbons (Fsp3) is 0. The molecule has 2 N–H and O–H groups in total. The van der Waals surface area contributed by atoms with Gasteiger partial charge in [-0.2, -0.15) is 0 Å². The van der Waals surface area contributed by atoms with Crippen molar-refractivity contribution in [1.29, 1.82) is 0 Å². The summed E-state index contributed by atoms with van der Waals surface area (Å²) in [6, 6.07) is 0. The average Bonchev–Trinajstić information content (AvgIpc) is 1.38. The molecule has 29 valence electrons. The number of amides is 1. The molecular formula is CH2MoNO2. The second-order valence-corrected chi connectivity index (χ2v) is 0.909. The second kappa shape index (κ2) is 2.21. The first-order chi connectivity index (χ1) is 2.27. The van der Waals surface area contributed by atoms with Gasteiger partial charge in [0.15, 0.2) is 0 Å². The summed E-state index contributed by atoms with van der Waals surface area (Å²) in [5, 5.41) is 7.61. The molecule has 0 aliphatic rings. The molecule has 0 rings (SSSR count). The van der Waals surface area contributed by atoms with Gasteiger partial charge in [-0.1, -0.05) is 0 Å². The molecule has 0 saturated carbocycles. The zero-order chi connectivity index (χ0) is 4.28. The third-order valence-corrected chi connectivity index (χ3v) is 0.517. The number of hydrogen-bond acceptors (Lipinski definition) is 1. The summed E-state index contributed by atoms with van der Waals surface area (Å²) in [6.07, 6.45) is -0.991. The Kier molecular flexibility index (Phi) is 2.19. The first-order valence-corrected chi connectivity index (χ1v) is 1.89. The van der Waals surface area contributed by atoms with Crippen LogP contribution in [0.25, 0.3) is 0 Å². The maximum atomic E-state index is 9.26. The normalized spacial score (nSPS) is 6.40. The Bertz CT molecular complexity index is 44.9. The zero-order valence-corrected chi connectivity index (χ0v) is 4.27. The molecule has 0 radical (unpaired) electrons. The number of rotatable bonds is 0. The summed E-state index contributed by atoms with van der Waals surface area (Å²) in [7, 11) is 0. The van der Waals surface area contributed by atoms with Crippen LogP contribution in [0, 0.1) is 0 Å². The molecule has 0 aromatic heterocycles. The number of carbonyl (C=O) groups is 1. The molecule has 0 heterocycles. The summed E-state index contributed by atoms with van der Waals surface area (Å²) in [5.41, 5.74) is 0. The van der Waals surface area contributed by atoms with E-state index in [-0.39, 0.29) is 0 Å². The topological polar surface area (TPSA) is 49.3 Å². The molecule has 0 aromatic rings. The molecule has 0 fully saturated rings. The molecule has 0 bridgehead atoms. The van der Waals surface area contributed by atoms with Crippen molar-refractivity contribution in [1.82, 2.24) is 3.88 Å². The van der Waals surface area contributed by atoms with Crippen molar-refractivity contribution in [3.05, 3.63) is 0 Å². The van der Waals surface area contributed by atoms with Crippen LogP contribution < -0.4 is 3.88 Å². The van der Waals surface area contributed by atoms with Crippen LogP contribution in [-0.4, -0.2) is 11.2 Å². The van der Waals surface area contributed by atoms with Crippen molar-refractivity contribution < 1.29 is 30.0 Å².